The minimum atomic E-state index is -1.16. The molecule has 4 N–H and O–H groups in total. The summed E-state index contributed by atoms with van der Waals surface area (Å²) in [6.45, 7) is 12.2. The summed E-state index contributed by atoms with van der Waals surface area (Å²) >= 11 is 0. The predicted molar refractivity (Wildman–Crippen MR) is 158 cm³/mol. The van der Waals surface area contributed by atoms with Gasteiger partial charge in [0.25, 0.3) is 0 Å². The number of piperidine rings is 1. The Hall–Kier alpha value is -3.50. The number of benzene rings is 2. The van der Waals surface area contributed by atoms with Crippen molar-refractivity contribution in [3.8, 4) is 5.75 Å². The molecule has 1 aliphatic rings. The van der Waals surface area contributed by atoms with Gasteiger partial charge in [0.1, 0.15) is 11.6 Å². The van der Waals surface area contributed by atoms with Crippen LogP contribution in [0.5, 0.6) is 5.75 Å². The van der Waals surface area contributed by atoms with E-state index in [9.17, 15) is 4.21 Å². The Morgan fingerprint density at radius 1 is 1.03 bits per heavy atom. The van der Waals surface area contributed by atoms with E-state index in [0.717, 1.165) is 53.3 Å². The van der Waals surface area contributed by atoms with E-state index in [1.165, 1.54) is 11.1 Å². The lowest BCUT2D eigenvalue weighted by molar-refractivity contribution is 0.243. The Morgan fingerprint density at radius 2 is 1.79 bits per heavy atom. The van der Waals surface area contributed by atoms with E-state index < -0.39 is 10.8 Å². The van der Waals surface area contributed by atoms with Gasteiger partial charge in [-0.1, -0.05) is 26.0 Å². The van der Waals surface area contributed by atoms with Gasteiger partial charge in [0, 0.05) is 5.25 Å². The highest BCUT2D eigenvalue weighted by Gasteiger charge is 2.21. The third-order valence-corrected chi connectivity index (χ3v) is 8.50. The topological polar surface area (TPSA) is 117 Å². The van der Waals surface area contributed by atoms with E-state index >= 15 is 0 Å². The van der Waals surface area contributed by atoms with Gasteiger partial charge in [-0.3, -0.25) is 9.31 Å². The number of H-pyrrole nitrogens is 1. The number of aromatic nitrogens is 4. The van der Waals surface area contributed by atoms with Gasteiger partial charge < -0.3 is 20.7 Å². The standard InChI is InChI=1S/C29H37N7O2S/c1-17(2)38-25-15-21(20-10-12-30-13-11-20)19(5)14-24(25)33-29-34-27(22-16-31-36-28(22)35-29)32-23-8-6-7-9-26(23)39(37)18(3)4/h6-9,14-18,20,30H,10-13H2,1-5H3,(H3,31,32,33,34,35,36). The number of nitrogens with one attached hydrogen (secondary N) is 4. The summed E-state index contributed by atoms with van der Waals surface area (Å²) in [6.07, 6.45) is 3.94. The van der Waals surface area contributed by atoms with Crippen molar-refractivity contribution in [2.75, 3.05) is 23.7 Å². The molecule has 0 saturated carbocycles. The second kappa shape index (κ2) is 11.7. The van der Waals surface area contributed by atoms with E-state index in [-0.39, 0.29) is 11.4 Å². The number of aryl methyl sites for hydroxylation is 1. The van der Waals surface area contributed by atoms with Gasteiger partial charge in [-0.2, -0.15) is 15.1 Å². The van der Waals surface area contributed by atoms with Crippen molar-refractivity contribution in [2.24, 2.45) is 0 Å². The molecule has 206 valence electrons. The number of fused-ring (bicyclic) bond motifs is 1. The molecule has 0 aliphatic carbocycles. The van der Waals surface area contributed by atoms with Gasteiger partial charge in [-0.25, -0.2) is 0 Å². The largest absolute Gasteiger partial charge is 0.489 e. The Bertz CT molecular complexity index is 1480. The smallest absolute Gasteiger partial charge is 0.231 e. The molecule has 2 aromatic carbocycles. The molecule has 5 rings (SSSR count). The molecule has 1 fully saturated rings. The van der Waals surface area contributed by atoms with E-state index in [2.05, 4.69) is 50.2 Å². The zero-order valence-electron chi connectivity index (χ0n) is 23.2. The third-order valence-electron chi connectivity index (χ3n) is 6.85. The van der Waals surface area contributed by atoms with Gasteiger partial charge in [0.15, 0.2) is 5.65 Å². The molecule has 0 amide bonds. The molecule has 3 heterocycles. The van der Waals surface area contributed by atoms with E-state index in [0.29, 0.717) is 23.3 Å². The summed E-state index contributed by atoms with van der Waals surface area (Å²) in [6, 6.07) is 11.9. The van der Waals surface area contributed by atoms with Crippen LogP contribution in [-0.4, -0.2) is 48.8 Å². The summed E-state index contributed by atoms with van der Waals surface area (Å²) in [5.74, 6) is 2.27. The lowest BCUT2D eigenvalue weighted by Gasteiger charge is -2.26. The average molecular weight is 548 g/mol. The van der Waals surface area contributed by atoms with Crippen LogP contribution in [0.2, 0.25) is 0 Å². The molecule has 39 heavy (non-hydrogen) atoms. The molecule has 0 bridgehead atoms. The van der Waals surface area contributed by atoms with Crippen LogP contribution < -0.4 is 20.7 Å². The van der Waals surface area contributed by atoms with Crippen LogP contribution in [0.3, 0.4) is 0 Å². The SMILES string of the molecule is Cc1cc(Nc2nc(Nc3ccccc3S(=O)C(C)C)c3cn[nH]c3n2)c(OC(C)C)cc1C1CCNCC1. The second-order valence-corrected chi connectivity index (χ2v) is 12.5. The number of anilines is 4. The number of para-hydroxylation sites is 1. The lowest BCUT2D eigenvalue weighted by atomic mass is 9.87. The molecule has 9 nitrogen and oxygen atoms in total. The fraction of sp³-hybridized carbons (Fsp3) is 0.414. The molecule has 1 atom stereocenters. The number of rotatable bonds is 9. The first-order valence-electron chi connectivity index (χ1n) is 13.6. The summed E-state index contributed by atoms with van der Waals surface area (Å²) in [4.78, 5) is 10.2. The normalized spacial score (nSPS) is 15.2. The molecular weight excluding hydrogens is 510 g/mol. The quantitative estimate of drug-likeness (QED) is 0.204. The number of nitrogens with zero attached hydrogens (tertiary/aromatic N) is 3. The van der Waals surface area contributed by atoms with Crippen LogP contribution in [0.25, 0.3) is 11.0 Å². The van der Waals surface area contributed by atoms with Crippen molar-refractivity contribution in [3.63, 3.8) is 0 Å². The van der Waals surface area contributed by atoms with Crippen molar-refractivity contribution in [1.82, 2.24) is 25.5 Å². The van der Waals surface area contributed by atoms with Crippen LogP contribution in [0.1, 0.15) is 57.6 Å². The maximum Gasteiger partial charge on any atom is 0.231 e. The van der Waals surface area contributed by atoms with Crippen LogP contribution in [-0.2, 0) is 10.8 Å². The number of aromatic amines is 1. The summed E-state index contributed by atoms with van der Waals surface area (Å²) in [5.41, 5.74) is 4.69. The molecule has 0 radical (unpaired) electrons. The maximum atomic E-state index is 13.0. The molecule has 1 saturated heterocycles. The number of hydrogen-bond donors (Lipinski definition) is 4. The highest BCUT2D eigenvalue weighted by Crippen LogP contribution is 2.37. The first kappa shape index (κ1) is 27.1. The molecule has 4 aromatic rings. The highest BCUT2D eigenvalue weighted by atomic mass is 32.2. The maximum absolute atomic E-state index is 13.0. The van der Waals surface area contributed by atoms with Crippen LogP contribution in [0.4, 0.5) is 23.1 Å². The Kier molecular flexibility index (Phi) is 8.13. The minimum Gasteiger partial charge on any atom is -0.489 e. The zero-order valence-corrected chi connectivity index (χ0v) is 24.0. The summed E-state index contributed by atoms with van der Waals surface area (Å²) < 4.78 is 19.2. The number of ether oxygens (including phenoxy) is 1. The predicted octanol–water partition coefficient (Wildman–Crippen LogP) is 5.92. The number of hydrogen-bond acceptors (Lipinski definition) is 8. The Labute approximate surface area is 232 Å². The van der Waals surface area contributed by atoms with Crippen molar-refractivity contribution in [1.29, 1.82) is 0 Å². The fourth-order valence-electron chi connectivity index (χ4n) is 4.96. The van der Waals surface area contributed by atoms with Crippen molar-refractivity contribution >= 4 is 45.0 Å². The zero-order chi connectivity index (χ0) is 27.5. The molecule has 10 heteroatoms. The average Bonchev–Trinajstić information content (AvgIpc) is 3.39. The van der Waals surface area contributed by atoms with E-state index in [1.807, 2.05) is 52.0 Å². The Morgan fingerprint density at radius 3 is 2.54 bits per heavy atom. The first-order valence-corrected chi connectivity index (χ1v) is 14.8. The van der Waals surface area contributed by atoms with Gasteiger partial charge in [0.2, 0.25) is 5.95 Å². The van der Waals surface area contributed by atoms with Crippen molar-refractivity contribution in [3.05, 3.63) is 53.7 Å². The molecule has 1 aliphatic heterocycles. The molecule has 0 spiro atoms. The fourth-order valence-corrected chi connectivity index (χ4v) is 6.02. The second-order valence-electron chi connectivity index (χ2n) is 10.5. The molecule has 1 unspecified atom stereocenters. The van der Waals surface area contributed by atoms with Gasteiger partial charge in [-0.05, 0) is 88.0 Å². The third kappa shape index (κ3) is 6.07. The van der Waals surface area contributed by atoms with Crippen molar-refractivity contribution < 1.29 is 8.95 Å². The van der Waals surface area contributed by atoms with Crippen LogP contribution >= 0.6 is 0 Å². The van der Waals surface area contributed by atoms with Crippen LogP contribution in [0.15, 0.2) is 47.5 Å². The lowest BCUT2D eigenvalue weighted by Crippen LogP contribution is -2.27. The first-order chi connectivity index (χ1) is 18.8. The molecule has 2 aromatic heterocycles. The highest BCUT2D eigenvalue weighted by molar-refractivity contribution is 7.85. The van der Waals surface area contributed by atoms with Gasteiger partial charge in [0.05, 0.1) is 44.8 Å². The van der Waals surface area contributed by atoms with E-state index in [4.69, 9.17) is 9.72 Å². The van der Waals surface area contributed by atoms with Crippen LogP contribution in [0, 0.1) is 6.92 Å². The summed E-state index contributed by atoms with van der Waals surface area (Å²) in [7, 11) is -1.16. The van der Waals surface area contributed by atoms with Crippen molar-refractivity contribution in [2.45, 2.75) is 69.6 Å². The van der Waals surface area contributed by atoms with Gasteiger partial charge in [-0.15, -0.1) is 0 Å². The monoisotopic (exact) mass is 547 g/mol. The Balaban J connectivity index is 1.51. The molecular formula is C29H37N7O2S. The van der Waals surface area contributed by atoms with Gasteiger partial charge >= 0.3 is 0 Å². The summed E-state index contributed by atoms with van der Waals surface area (Å²) in [5, 5.41) is 18.1. The minimum absolute atomic E-state index is 0.0139. The van der Waals surface area contributed by atoms with E-state index in [1.54, 1.807) is 6.20 Å².